The first kappa shape index (κ1) is 15.8. The molecule has 0 saturated heterocycles. The summed E-state index contributed by atoms with van der Waals surface area (Å²) >= 11 is 0. The van der Waals surface area contributed by atoms with Crippen LogP contribution >= 0.6 is 0 Å². The summed E-state index contributed by atoms with van der Waals surface area (Å²) in [5.74, 6) is 0.885. The van der Waals surface area contributed by atoms with Crippen molar-refractivity contribution in [3.63, 3.8) is 0 Å². The fourth-order valence-electron chi connectivity index (χ4n) is 2.28. The number of benzene rings is 2. The molecule has 0 aromatic heterocycles. The van der Waals surface area contributed by atoms with Gasteiger partial charge in [0.15, 0.2) is 0 Å². The van der Waals surface area contributed by atoms with Gasteiger partial charge in [-0.2, -0.15) is 0 Å². The molecule has 2 aromatic rings. The van der Waals surface area contributed by atoms with Crippen molar-refractivity contribution in [1.82, 2.24) is 5.32 Å². The van der Waals surface area contributed by atoms with E-state index in [9.17, 15) is 0 Å². The fourth-order valence-corrected chi connectivity index (χ4v) is 2.28. The van der Waals surface area contributed by atoms with E-state index in [0.29, 0.717) is 6.61 Å². The molecule has 1 N–H and O–H groups in total. The van der Waals surface area contributed by atoms with Gasteiger partial charge < -0.3 is 19.5 Å². The van der Waals surface area contributed by atoms with E-state index in [4.69, 9.17) is 14.2 Å². The third-order valence-corrected chi connectivity index (χ3v) is 3.50. The molecule has 4 nitrogen and oxygen atoms in total. The van der Waals surface area contributed by atoms with Crippen molar-refractivity contribution in [3.8, 4) is 5.75 Å². The molecule has 0 amide bonds. The standard InChI is InChI=1S/C17H23NO3/c1-19-12-17(21-3)11-18-10-13-4-5-15-9-16(20-2)7-6-14(15)8-13/h4-9,17-18H,10-12H2,1-3H3. The molecule has 0 aliphatic carbocycles. The third-order valence-electron chi connectivity index (χ3n) is 3.50. The maximum absolute atomic E-state index is 5.32. The van der Waals surface area contributed by atoms with Crippen LogP contribution in [0.1, 0.15) is 5.56 Å². The molecule has 1 atom stereocenters. The predicted molar refractivity (Wildman–Crippen MR) is 84.9 cm³/mol. The highest BCUT2D eigenvalue weighted by Crippen LogP contribution is 2.21. The first-order valence-corrected chi connectivity index (χ1v) is 7.06. The summed E-state index contributed by atoms with van der Waals surface area (Å²) in [6.45, 7) is 2.18. The van der Waals surface area contributed by atoms with Gasteiger partial charge >= 0.3 is 0 Å². The maximum Gasteiger partial charge on any atom is 0.119 e. The van der Waals surface area contributed by atoms with Crippen molar-refractivity contribution in [1.29, 1.82) is 0 Å². The summed E-state index contributed by atoms with van der Waals surface area (Å²) < 4.78 is 15.7. The zero-order valence-corrected chi connectivity index (χ0v) is 12.9. The van der Waals surface area contributed by atoms with Gasteiger partial charge in [0, 0.05) is 27.3 Å². The Labute approximate surface area is 126 Å². The second kappa shape index (κ2) is 7.98. The highest BCUT2D eigenvalue weighted by atomic mass is 16.5. The van der Waals surface area contributed by atoms with Crippen LogP contribution in [0.25, 0.3) is 10.8 Å². The van der Waals surface area contributed by atoms with Crippen LogP contribution in [-0.2, 0) is 16.0 Å². The molecule has 0 bridgehead atoms. The first-order valence-electron chi connectivity index (χ1n) is 7.06. The Morgan fingerprint density at radius 1 is 1.00 bits per heavy atom. The number of rotatable bonds is 8. The molecule has 2 rings (SSSR count). The average molecular weight is 289 g/mol. The molecule has 114 valence electrons. The lowest BCUT2D eigenvalue weighted by Crippen LogP contribution is -2.31. The van der Waals surface area contributed by atoms with E-state index >= 15 is 0 Å². The Bertz CT molecular complexity index is 571. The molecular formula is C17H23NO3. The SMILES string of the molecule is COCC(CNCc1ccc2cc(OC)ccc2c1)OC. The van der Waals surface area contributed by atoms with E-state index in [-0.39, 0.29) is 6.10 Å². The van der Waals surface area contributed by atoms with Gasteiger partial charge in [0.05, 0.1) is 19.8 Å². The highest BCUT2D eigenvalue weighted by molar-refractivity contribution is 5.84. The lowest BCUT2D eigenvalue weighted by Gasteiger charge is -2.15. The van der Waals surface area contributed by atoms with Crippen molar-refractivity contribution in [2.24, 2.45) is 0 Å². The predicted octanol–water partition coefficient (Wildman–Crippen LogP) is 2.60. The van der Waals surface area contributed by atoms with Crippen LogP contribution in [0.4, 0.5) is 0 Å². The number of fused-ring (bicyclic) bond motifs is 1. The van der Waals surface area contributed by atoms with Crippen molar-refractivity contribution >= 4 is 10.8 Å². The number of hydrogen-bond acceptors (Lipinski definition) is 4. The second-order valence-electron chi connectivity index (χ2n) is 4.99. The van der Waals surface area contributed by atoms with Crippen molar-refractivity contribution in [3.05, 3.63) is 42.0 Å². The van der Waals surface area contributed by atoms with E-state index in [1.165, 1.54) is 16.3 Å². The van der Waals surface area contributed by atoms with Crippen molar-refractivity contribution < 1.29 is 14.2 Å². The van der Waals surface area contributed by atoms with Crippen LogP contribution in [0.15, 0.2) is 36.4 Å². The van der Waals surface area contributed by atoms with Crippen LogP contribution in [0.3, 0.4) is 0 Å². The summed E-state index contributed by atoms with van der Waals surface area (Å²) in [6, 6.07) is 12.6. The van der Waals surface area contributed by atoms with Crippen LogP contribution in [0, 0.1) is 0 Å². The molecule has 0 heterocycles. The molecule has 0 radical (unpaired) electrons. The normalized spacial score (nSPS) is 12.5. The van der Waals surface area contributed by atoms with Crippen LogP contribution in [-0.4, -0.2) is 40.6 Å². The zero-order valence-electron chi connectivity index (χ0n) is 12.9. The van der Waals surface area contributed by atoms with Gasteiger partial charge in [0.1, 0.15) is 5.75 Å². The summed E-state index contributed by atoms with van der Waals surface area (Å²) in [5, 5.41) is 5.80. The maximum atomic E-state index is 5.32. The second-order valence-corrected chi connectivity index (χ2v) is 4.99. The van der Waals surface area contributed by atoms with Crippen LogP contribution < -0.4 is 10.1 Å². The number of methoxy groups -OCH3 is 3. The van der Waals surface area contributed by atoms with Crippen molar-refractivity contribution in [2.45, 2.75) is 12.6 Å². The topological polar surface area (TPSA) is 39.7 Å². The molecule has 0 saturated carbocycles. The highest BCUT2D eigenvalue weighted by Gasteiger charge is 2.06. The van der Waals surface area contributed by atoms with Crippen LogP contribution in [0.2, 0.25) is 0 Å². The Morgan fingerprint density at radius 2 is 1.76 bits per heavy atom. The van der Waals surface area contributed by atoms with E-state index in [2.05, 4.69) is 29.6 Å². The molecule has 0 spiro atoms. The summed E-state index contributed by atoms with van der Waals surface area (Å²) in [4.78, 5) is 0. The molecule has 0 fully saturated rings. The quantitative estimate of drug-likeness (QED) is 0.811. The van der Waals surface area contributed by atoms with E-state index in [0.717, 1.165) is 18.8 Å². The van der Waals surface area contributed by atoms with Gasteiger partial charge in [-0.25, -0.2) is 0 Å². The van der Waals surface area contributed by atoms with Crippen molar-refractivity contribution in [2.75, 3.05) is 34.5 Å². The van der Waals surface area contributed by atoms with Gasteiger partial charge in [-0.1, -0.05) is 18.2 Å². The number of nitrogens with one attached hydrogen (secondary N) is 1. The van der Waals surface area contributed by atoms with Gasteiger partial charge in [-0.05, 0) is 34.5 Å². The first-order chi connectivity index (χ1) is 10.3. The molecule has 21 heavy (non-hydrogen) atoms. The molecular weight excluding hydrogens is 266 g/mol. The van der Waals surface area contributed by atoms with Gasteiger partial charge in [-0.3, -0.25) is 0 Å². The third kappa shape index (κ3) is 4.43. The average Bonchev–Trinajstić information content (AvgIpc) is 2.53. The minimum absolute atomic E-state index is 0.0831. The van der Waals surface area contributed by atoms with E-state index in [1.807, 2.05) is 12.1 Å². The lowest BCUT2D eigenvalue weighted by molar-refractivity contribution is 0.0288. The number of hydrogen-bond donors (Lipinski definition) is 1. The zero-order chi connectivity index (χ0) is 15.1. The Balaban J connectivity index is 1.96. The summed E-state index contributed by atoms with van der Waals surface area (Å²) in [5.41, 5.74) is 1.25. The van der Waals surface area contributed by atoms with Crippen LogP contribution in [0.5, 0.6) is 5.75 Å². The number of ether oxygens (including phenoxy) is 3. The molecule has 1 unspecified atom stereocenters. The Morgan fingerprint density at radius 3 is 2.48 bits per heavy atom. The Hall–Kier alpha value is -1.62. The largest absolute Gasteiger partial charge is 0.497 e. The molecule has 4 heteroatoms. The minimum Gasteiger partial charge on any atom is -0.497 e. The van der Waals surface area contributed by atoms with Gasteiger partial charge in [0.25, 0.3) is 0 Å². The molecule has 0 aliphatic heterocycles. The van der Waals surface area contributed by atoms with E-state index < -0.39 is 0 Å². The summed E-state index contributed by atoms with van der Waals surface area (Å²) in [7, 11) is 5.07. The fraction of sp³-hybridized carbons (Fsp3) is 0.412. The summed E-state index contributed by atoms with van der Waals surface area (Å²) in [6.07, 6.45) is 0.0831. The molecule has 2 aromatic carbocycles. The van der Waals surface area contributed by atoms with Gasteiger partial charge in [0.2, 0.25) is 0 Å². The lowest BCUT2D eigenvalue weighted by atomic mass is 10.1. The molecule has 0 aliphatic rings. The Kier molecular flexibility index (Phi) is 5.99. The minimum atomic E-state index is 0.0831. The van der Waals surface area contributed by atoms with Gasteiger partial charge in [-0.15, -0.1) is 0 Å². The van der Waals surface area contributed by atoms with E-state index in [1.54, 1.807) is 21.3 Å². The smallest absolute Gasteiger partial charge is 0.119 e. The monoisotopic (exact) mass is 289 g/mol.